The van der Waals surface area contributed by atoms with Crippen LogP contribution in [-0.2, 0) is 16.0 Å². The van der Waals surface area contributed by atoms with Gasteiger partial charge in [0, 0.05) is 31.5 Å². The number of carbonyl (C=O) groups excluding carboxylic acids is 1. The summed E-state index contributed by atoms with van der Waals surface area (Å²) >= 11 is 0. The minimum atomic E-state index is -0.0234. The molecule has 23 heavy (non-hydrogen) atoms. The van der Waals surface area contributed by atoms with E-state index in [0.29, 0.717) is 6.42 Å². The third-order valence-corrected chi connectivity index (χ3v) is 3.99. The number of carbonyl (C=O) groups is 1. The Labute approximate surface area is 135 Å². The Kier molecular flexibility index (Phi) is 5.39. The Balaban J connectivity index is 1.65. The lowest BCUT2D eigenvalue weighted by molar-refractivity contribution is -0.121. The summed E-state index contributed by atoms with van der Waals surface area (Å²) < 4.78 is 5.40. The molecule has 2 heterocycles. The van der Waals surface area contributed by atoms with Crippen LogP contribution in [0.4, 0.5) is 0 Å². The number of rotatable bonds is 6. The van der Waals surface area contributed by atoms with E-state index in [1.54, 1.807) is 6.20 Å². The Morgan fingerprint density at radius 1 is 1.26 bits per heavy atom. The molecule has 122 valence electrons. The average Bonchev–Trinajstić information content (AvgIpc) is 3.09. The lowest BCUT2D eigenvalue weighted by Crippen LogP contribution is -2.43. The molecule has 1 aromatic carbocycles. The highest BCUT2D eigenvalue weighted by Gasteiger charge is 2.20. The molecule has 0 bridgehead atoms. The van der Waals surface area contributed by atoms with Crippen molar-refractivity contribution < 1.29 is 9.53 Å². The van der Waals surface area contributed by atoms with Crippen molar-refractivity contribution in [2.75, 3.05) is 32.8 Å². The molecule has 3 rings (SSSR count). The molecule has 0 aliphatic carbocycles. The van der Waals surface area contributed by atoms with Crippen molar-refractivity contribution in [2.45, 2.75) is 12.5 Å². The maximum absolute atomic E-state index is 12.3. The Morgan fingerprint density at radius 2 is 2.04 bits per heavy atom. The van der Waals surface area contributed by atoms with Crippen molar-refractivity contribution >= 4 is 5.91 Å². The molecule has 1 aliphatic rings. The van der Waals surface area contributed by atoms with Gasteiger partial charge in [0.15, 0.2) is 0 Å². The number of nitrogens with one attached hydrogen (secondary N) is 2. The van der Waals surface area contributed by atoms with E-state index < -0.39 is 0 Å². The highest BCUT2D eigenvalue weighted by atomic mass is 16.5. The molecule has 1 atom stereocenters. The fraction of sp³-hybridized carbons (Fsp3) is 0.412. The second-order valence-corrected chi connectivity index (χ2v) is 5.70. The second kappa shape index (κ2) is 7.89. The van der Waals surface area contributed by atoms with Crippen molar-refractivity contribution in [1.29, 1.82) is 0 Å². The van der Waals surface area contributed by atoms with Crippen LogP contribution in [0.15, 0.2) is 42.6 Å². The van der Waals surface area contributed by atoms with Gasteiger partial charge in [-0.2, -0.15) is 5.10 Å². The van der Waals surface area contributed by atoms with Gasteiger partial charge < -0.3 is 10.1 Å². The molecule has 1 amide bonds. The highest BCUT2D eigenvalue weighted by Crippen LogP contribution is 2.15. The first-order valence-corrected chi connectivity index (χ1v) is 7.94. The first-order valence-electron chi connectivity index (χ1n) is 7.94. The molecule has 1 unspecified atom stereocenters. The van der Waals surface area contributed by atoms with Crippen molar-refractivity contribution in [3.8, 4) is 0 Å². The molecule has 0 radical (unpaired) electrons. The largest absolute Gasteiger partial charge is 0.379 e. The summed E-state index contributed by atoms with van der Waals surface area (Å²) in [5.41, 5.74) is 1.94. The van der Waals surface area contributed by atoms with Crippen LogP contribution in [0.2, 0.25) is 0 Å². The van der Waals surface area contributed by atoms with Gasteiger partial charge in [-0.1, -0.05) is 30.3 Å². The predicted molar refractivity (Wildman–Crippen MR) is 86.9 cm³/mol. The van der Waals surface area contributed by atoms with E-state index in [4.69, 9.17) is 4.74 Å². The van der Waals surface area contributed by atoms with E-state index in [0.717, 1.165) is 44.1 Å². The SMILES string of the molecule is O=C(Cc1ccn[nH]1)NC(CN1CCOCC1)c1ccccc1. The predicted octanol–water partition coefficient (Wildman–Crippen LogP) is 1.14. The van der Waals surface area contributed by atoms with E-state index in [9.17, 15) is 4.79 Å². The van der Waals surface area contributed by atoms with Crippen LogP contribution in [0.25, 0.3) is 0 Å². The molecule has 6 heteroatoms. The molecule has 1 fully saturated rings. The minimum Gasteiger partial charge on any atom is -0.379 e. The van der Waals surface area contributed by atoms with Crippen LogP contribution in [-0.4, -0.2) is 53.9 Å². The number of amides is 1. The molecular weight excluding hydrogens is 292 g/mol. The average molecular weight is 314 g/mol. The lowest BCUT2D eigenvalue weighted by Gasteiger charge is -2.31. The van der Waals surface area contributed by atoms with Gasteiger partial charge in [0.1, 0.15) is 0 Å². The quantitative estimate of drug-likeness (QED) is 0.839. The number of aromatic amines is 1. The van der Waals surface area contributed by atoms with Gasteiger partial charge in [0.05, 0.1) is 25.7 Å². The maximum Gasteiger partial charge on any atom is 0.226 e. The Bertz CT molecular complexity index is 594. The van der Waals surface area contributed by atoms with Gasteiger partial charge in [-0.3, -0.25) is 14.8 Å². The van der Waals surface area contributed by atoms with Crippen molar-refractivity contribution in [3.63, 3.8) is 0 Å². The van der Waals surface area contributed by atoms with Crippen LogP contribution < -0.4 is 5.32 Å². The van der Waals surface area contributed by atoms with Crippen LogP contribution in [0.3, 0.4) is 0 Å². The van der Waals surface area contributed by atoms with Crippen molar-refractivity contribution in [1.82, 2.24) is 20.4 Å². The van der Waals surface area contributed by atoms with Crippen LogP contribution in [0.5, 0.6) is 0 Å². The molecule has 1 saturated heterocycles. The summed E-state index contributed by atoms with van der Waals surface area (Å²) in [6.45, 7) is 4.11. The molecular formula is C17H22N4O2. The molecule has 1 aliphatic heterocycles. The van der Waals surface area contributed by atoms with E-state index in [2.05, 4.69) is 32.5 Å². The molecule has 0 spiro atoms. The zero-order valence-corrected chi connectivity index (χ0v) is 13.1. The Morgan fingerprint density at radius 3 is 2.74 bits per heavy atom. The standard InChI is InChI=1S/C17H22N4O2/c22-17(12-15-6-7-18-20-15)19-16(14-4-2-1-3-5-14)13-21-8-10-23-11-9-21/h1-7,16H,8-13H2,(H,18,20)(H,19,22). The topological polar surface area (TPSA) is 70.2 Å². The third kappa shape index (κ3) is 4.64. The first-order chi connectivity index (χ1) is 11.3. The number of nitrogens with zero attached hydrogens (tertiary/aromatic N) is 2. The van der Waals surface area contributed by atoms with Gasteiger partial charge in [0.25, 0.3) is 0 Å². The van der Waals surface area contributed by atoms with E-state index in [-0.39, 0.29) is 11.9 Å². The summed E-state index contributed by atoms with van der Waals surface area (Å²) in [7, 11) is 0. The minimum absolute atomic E-state index is 0.00337. The first kappa shape index (κ1) is 15.7. The molecule has 2 N–H and O–H groups in total. The number of benzene rings is 1. The Hall–Kier alpha value is -2.18. The van der Waals surface area contributed by atoms with Crippen LogP contribution in [0.1, 0.15) is 17.3 Å². The highest BCUT2D eigenvalue weighted by molar-refractivity contribution is 5.78. The summed E-state index contributed by atoms with van der Waals surface area (Å²) in [4.78, 5) is 14.7. The monoisotopic (exact) mass is 314 g/mol. The van der Waals surface area contributed by atoms with Gasteiger partial charge in [0.2, 0.25) is 5.91 Å². The van der Waals surface area contributed by atoms with Crippen LogP contribution >= 0.6 is 0 Å². The van der Waals surface area contributed by atoms with E-state index in [1.807, 2.05) is 24.3 Å². The van der Waals surface area contributed by atoms with Crippen molar-refractivity contribution in [2.24, 2.45) is 0 Å². The normalized spacial score (nSPS) is 16.9. The summed E-state index contributed by atoms with van der Waals surface area (Å²) in [6, 6.07) is 11.9. The number of hydrogen-bond acceptors (Lipinski definition) is 4. The fourth-order valence-corrected chi connectivity index (χ4v) is 2.76. The lowest BCUT2D eigenvalue weighted by atomic mass is 10.1. The van der Waals surface area contributed by atoms with Crippen LogP contribution in [0, 0.1) is 0 Å². The molecule has 2 aromatic rings. The van der Waals surface area contributed by atoms with E-state index in [1.165, 1.54) is 0 Å². The van der Waals surface area contributed by atoms with Gasteiger partial charge >= 0.3 is 0 Å². The van der Waals surface area contributed by atoms with Gasteiger partial charge in [-0.05, 0) is 11.6 Å². The van der Waals surface area contributed by atoms with E-state index >= 15 is 0 Å². The van der Waals surface area contributed by atoms with Gasteiger partial charge in [-0.15, -0.1) is 0 Å². The second-order valence-electron chi connectivity index (χ2n) is 5.70. The smallest absolute Gasteiger partial charge is 0.226 e. The summed E-state index contributed by atoms with van der Waals surface area (Å²) in [5.74, 6) is -0.00337. The molecule has 1 aromatic heterocycles. The summed E-state index contributed by atoms with van der Waals surface area (Å²) in [6.07, 6.45) is 1.97. The fourth-order valence-electron chi connectivity index (χ4n) is 2.76. The van der Waals surface area contributed by atoms with Gasteiger partial charge in [-0.25, -0.2) is 0 Å². The molecule has 0 saturated carbocycles. The number of ether oxygens (including phenoxy) is 1. The number of hydrogen-bond donors (Lipinski definition) is 2. The number of morpholine rings is 1. The van der Waals surface area contributed by atoms with Crippen molar-refractivity contribution in [3.05, 3.63) is 53.9 Å². The zero-order valence-electron chi connectivity index (χ0n) is 13.1. The summed E-state index contributed by atoms with van der Waals surface area (Å²) in [5, 5.41) is 9.85. The number of aromatic nitrogens is 2. The zero-order chi connectivity index (χ0) is 15.9. The third-order valence-electron chi connectivity index (χ3n) is 3.99. The maximum atomic E-state index is 12.3. The molecule has 6 nitrogen and oxygen atoms in total. The number of H-pyrrole nitrogens is 1.